The lowest BCUT2D eigenvalue weighted by Gasteiger charge is -2.48. The van der Waals surface area contributed by atoms with Crippen LogP contribution in [-0.2, 0) is 32.5 Å². The maximum absolute atomic E-state index is 9.41. The van der Waals surface area contributed by atoms with Crippen LogP contribution in [-0.4, -0.2) is 6.71 Å². The summed E-state index contributed by atoms with van der Waals surface area (Å²) >= 11 is 0. The van der Waals surface area contributed by atoms with E-state index in [1.807, 2.05) is 24.3 Å². The molecule has 2 aliphatic heterocycles. The molecule has 0 spiro atoms. The average Bonchev–Trinajstić information content (AvgIpc) is 0.863. The van der Waals surface area contributed by atoms with Crippen LogP contribution in [0.3, 0.4) is 0 Å². The molecule has 0 N–H and O–H groups in total. The Kier molecular flexibility index (Phi) is 10.7. The zero-order valence-electron chi connectivity index (χ0n) is 53.4. The van der Waals surface area contributed by atoms with E-state index in [0.29, 0.717) is 5.56 Å². The third-order valence-corrected chi connectivity index (χ3v) is 19.6. The van der Waals surface area contributed by atoms with Gasteiger partial charge in [0, 0.05) is 60.4 Å². The highest BCUT2D eigenvalue weighted by Gasteiger charge is 2.48. The molecule has 13 rings (SSSR count). The second kappa shape index (κ2) is 17.5. The number of fused-ring (bicyclic) bond motifs is 9. The zero-order valence-corrected chi connectivity index (χ0v) is 50.4. The molecular weight excluding hydrogens is 970 g/mol. The van der Waals surface area contributed by atoms with Crippen molar-refractivity contribution in [2.75, 3.05) is 14.7 Å². The minimum Gasteiger partial charge on any atom is -0.454 e. The summed E-state index contributed by atoms with van der Waals surface area (Å²) in [5.41, 5.74) is 24.4. The van der Waals surface area contributed by atoms with Crippen LogP contribution in [0.5, 0.6) is 0 Å². The van der Waals surface area contributed by atoms with E-state index >= 15 is 0 Å². The normalized spacial score (nSPS) is 18.1. The van der Waals surface area contributed by atoms with Gasteiger partial charge in [0.2, 0.25) is 0 Å². The summed E-state index contributed by atoms with van der Waals surface area (Å²) in [6.07, 6.45) is 4.35. The Labute approximate surface area is 482 Å². The largest absolute Gasteiger partial charge is 0.454 e. The Morgan fingerprint density at radius 3 is 1.64 bits per heavy atom. The highest BCUT2D eigenvalue weighted by atomic mass is 16.3. The van der Waals surface area contributed by atoms with E-state index in [0.717, 1.165) is 110 Å². The summed E-state index contributed by atoms with van der Waals surface area (Å²) in [6.45, 7) is 34.8. The molecule has 8 aromatic carbocycles. The SMILES string of the molecule is [2H]C([2H])([2H])c1cc2c3c(c1)N(c1cccc4c1oc1ccccc14)c1cc(N(c4ccc(C(C)(C)C)cc4C)c4ccc(C(C)(C)C)cc4C)ccc1B3c1cc3c(cc1N2c1ccc2c(c1)C(C)(C)CCC2(C)C)C(C)(C)CCC3(C)C. The van der Waals surface area contributed by atoms with Gasteiger partial charge in [-0.15, -0.1) is 0 Å². The van der Waals surface area contributed by atoms with Crippen molar-refractivity contribution in [3.8, 4) is 0 Å². The fourth-order valence-electron chi connectivity index (χ4n) is 14.5. The van der Waals surface area contributed by atoms with Gasteiger partial charge in [0.15, 0.2) is 5.58 Å². The molecule has 1 aromatic heterocycles. The number of rotatable bonds is 5. The van der Waals surface area contributed by atoms with Crippen molar-refractivity contribution in [1.82, 2.24) is 0 Å². The highest BCUT2D eigenvalue weighted by Crippen LogP contribution is 2.54. The fraction of sp³-hybridized carbons (Fsp3) is 0.360. The number of aryl methyl sites for hydroxylation is 3. The van der Waals surface area contributed by atoms with Gasteiger partial charge in [-0.25, -0.2) is 0 Å². The Hall–Kier alpha value is -6.98. The van der Waals surface area contributed by atoms with Crippen LogP contribution in [0.15, 0.2) is 144 Å². The molecule has 3 heterocycles. The van der Waals surface area contributed by atoms with Crippen molar-refractivity contribution in [2.45, 2.75) is 176 Å². The van der Waals surface area contributed by atoms with Crippen LogP contribution in [0.25, 0.3) is 21.9 Å². The predicted octanol–water partition coefficient (Wildman–Crippen LogP) is 19.4. The summed E-state index contributed by atoms with van der Waals surface area (Å²) < 4.78 is 35.3. The van der Waals surface area contributed by atoms with Gasteiger partial charge >= 0.3 is 0 Å². The summed E-state index contributed by atoms with van der Waals surface area (Å²) in [7, 11) is 0. The van der Waals surface area contributed by atoms with Crippen LogP contribution < -0.4 is 31.1 Å². The third-order valence-electron chi connectivity index (χ3n) is 19.6. The highest BCUT2D eigenvalue weighted by molar-refractivity contribution is 7.00. The lowest BCUT2D eigenvalue weighted by molar-refractivity contribution is 0.332. The molecule has 0 bridgehead atoms. The van der Waals surface area contributed by atoms with Gasteiger partial charge in [0.1, 0.15) is 5.58 Å². The van der Waals surface area contributed by atoms with Gasteiger partial charge in [-0.05, 0) is 212 Å². The maximum Gasteiger partial charge on any atom is 0.252 e. The second-order valence-electron chi connectivity index (χ2n) is 29.1. The first kappa shape index (κ1) is 48.9. The van der Waals surface area contributed by atoms with Gasteiger partial charge in [0.25, 0.3) is 6.71 Å². The molecule has 0 fully saturated rings. The minimum atomic E-state index is -2.44. The van der Waals surface area contributed by atoms with Gasteiger partial charge in [-0.1, -0.05) is 170 Å². The number of furan rings is 1. The summed E-state index contributed by atoms with van der Waals surface area (Å²) in [4.78, 5) is 7.29. The minimum absolute atomic E-state index is 0.0166. The van der Waals surface area contributed by atoms with Crippen LogP contribution in [0.1, 0.15) is 177 Å². The van der Waals surface area contributed by atoms with Crippen molar-refractivity contribution in [1.29, 1.82) is 0 Å². The molecule has 2 aliphatic carbocycles. The Morgan fingerprint density at radius 2 is 1.04 bits per heavy atom. The first-order valence-electron chi connectivity index (χ1n) is 31.0. The number of benzene rings is 8. The van der Waals surface area contributed by atoms with Gasteiger partial charge in [-0.3, -0.25) is 0 Å². The predicted molar refractivity (Wildman–Crippen MR) is 345 cm³/mol. The van der Waals surface area contributed by atoms with E-state index in [1.165, 1.54) is 50.0 Å². The van der Waals surface area contributed by atoms with Crippen molar-refractivity contribution in [3.05, 3.63) is 190 Å². The molecule has 0 unspecified atom stereocenters. The number of hydrogen-bond donors (Lipinski definition) is 0. The summed E-state index contributed by atoms with van der Waals surface area (Å²) in [5, 5.41) is 2.04. The fourth-order valence-corrected chi connectivity index (χ4v) is 14.5. The lowest BCUT2D eigenvalue weighted by atomic mass is 9.33. The second-order valence-corrected chi connectivity index (χ2v) is 29.1. The lowest BCUT2D eigenvalue weighted by Crippen LogP contribution is -2.62. The van der Waals surface area contributed by atoms with E-state index in [2.05, 4.69) is 241 Å². The molecule has 9 aromatic rings. The monoisotopic (exact) mass is 1050 g/mol. The molecule has 0 atom stereocenters. The van der Waals surface area contributed by atoms with Gasteiger partial charge in [-0.2, -0.15) is 0 Å². The summed E-state index contributed by atoms with van der Waals surface area (Å²) in [5.74, 6) is 0. The third kappa shape index (κ3) is 8.05. The van der Waals surface area contributed by atoms with E-state index in [4.69, 9.17) is 4.42 Å². The molecule has 0 radical (unpaired) electrons. The Bertz CT molecular complexity index is 4120. The molecule has 4 aliphatic rings. The van der Waals surface area contributed by atoms with Crippen molar-refractivity contribution in [2.24, 2.45) is 0 Å². The standard InChI is InChI=1S/C75H82BN3O/c1-45-37-65-68-66(38-45)79(62-23-20-22-53-52-21-18-19-24-67(52)80-69(53)62)63-42-51(77(60-31-25-48(39-46(60)2)70(4,5)6)61-32-26-49(40-47(61)3)71(7,8)9)28-30-58(63)76(68)59-43-56-57(75(16,17)36-35-74(56,14)15)44-64(59)78(65)50-27-29-54-55(41-50)73(12,13)34-33-72(54,10)11/h18-32,37-44H,33-36H2,1-17H3/i1D3. The summed E-state index contributed by atoms with van der Waals surface area (Å²) in [6, 6.07) is 52.1. The molecule has 5 heteroatoms. The first-order chi connectivity index (χ1) is 38.8. The topological polar surface area (TPSA) is 22.9 Å². The van der Waals surface area contributed by atoms with Crippen LogP contribution in [0.2, 0.25) is 0 Å². The maximum atomic E-state index is 9.41. The average molecular weight is 1060 g/mol. The Morgan fingerprint density at radius 1 is 0.487 bits per heavy atom. The molecule has 80 heavy (non-hydrogen) atoms. The quantitative estimate of drug-likeness (QED) is 0.160. The van der Waals surface area contributed by atoms with Crippen molar-refractivity contribution < 1.29 is 8.53 Å². The molecule has 0 amide bonds. The smallest absolute Gasteiger partial charge is 0.252 e. The number of para-hydroxylation sites is 2. The molecular formula is C75H82BN3O. The van der Waals surface area contributed by atoms with Crippen molar-refractivity contribution in [3.63, 3.8) is 0 Å². The molecule has 406 valence electrons. The number of anilines is 9. The van der Waals surface area contributed by atoms with Crippen LogP contribution in [0.4, 0.5) is 51.2 Å². The zero-order chi connectivity index (χ0) is 59.0. The molecule has 0 saturated carbocycles. The van der Waals surface area contributed by atoms with E-state index in [9.17, 15) is 4.11 Å². The Balaban J connectivity index is 1.16. The first-order valence-corrected chi connectivity index (χ1v) is 29.5. The molecule has 0 saturated heterocycles. The van der Waals surface area contributed by atoms with Gasteiger partial charge in [0.05, 0.1) is 5.69 Å². The molecule has 4 nitrogen and oxygen atoms in total. The van der Waals surface area contributed by atoms with Crippen LogP contribution >= 0.6 is 0 Å². The van der Waals surface area contributed by atoms with E-state index in [-0.39, 0.29) is 39.2 Å². The number of nitrogens with zero attached hydrogens (tertiary/aromatic N) is 3. The van der Waals surface area contributed by atoms with E-state index in [1.54, 1.807) is 0 Å². The van der Waals surface area contributed by atoms with Crippen molar-refractivity contribution >= 4 is 96.2 Å². The van der Waals surface area contributed by atoms with Crippen LogP contribution in [0, 0.1) is 20.7 Å². The van der Waals surface area contributed by atoms with Gasteiger partial charge < -0.3 is 19.1 Å². The number of hydrogen-bond acceptors (Lipinski definition) is 4. The van der Waals surface area contributed by atoms with E-state index < -0.39 is 6.85 Å².